The van der Waals surface area contributed by atoms with Gasteiger partial charge in [0.25, 0.3) is 0 Å². The van der Waals surface area contributed by atoms with Gasteiger partial charge < -0.3 is 15.4 Å². The third kappa shape index (κ3) is 3.73. The van der Waals surface area contributed by atoms with Crippen molar-refractivity contribution in [3.63, 3.8) is 0 Å². The van der Waals surface area contributed by atoms with Crippen LogP contribution < -0.4 is 10.6 Å². The van der Waals surface area contributed by atoms with Gasteiger partial charge in [0.15, 0.2) is 0 Å². The number of nitrogens with zero attached hydrogens (tertiary/aromatic N) is 1. The van der Waals surface area contributed by atoms with Crippen molar-refractivity contribution in [1.29, 1.82) is 0 Å². The van der Waals surface area contributed by atoms with Crippen molar-refractivity contribution in [2.24, 2.45) is 0 Å². The molecule has 2 N–H and O–H groups in total. The maximum atomic E-state index is 11.5. The molecule has 98 valence electrons. The predicted octanol–water partition coefficient (Wildman–Crippen LogP) is 0.805. The molecule has 0 radical (unpaired) electrons. The van der Waals surface area contributed by atoms with Crippen LogP contribution in [0.25, 0.3) is 0 Å². The Bertz CT molecular complexity index is 434. The lowest BCUT2D eigenvalue weighted by molar-refractivity contribution is -0.121. The molecule has 0 spiro atoms. The van der Waals surface area contributed by atoms with Gasteiger partial charge in [0, 0.05) is 18.4 Å². The molecule has 0 aliphatic heterocycles. The summed E-state index contributed by atoms with van der Waals surface area (Å²) in [5.74, 6) is -0.613. The van der Waals surface area contributed by atoms with Gasteiger partial charge >= 0.3 is 5.97 Å². The lowest BCUT2D eigenvalue weighted by Crippen LogP contribution is -2.37. The molecule has 0 fully saturated rings. The standard InChI is InChI=1S/C12H17N3O3/c1-4-13-11(16)8(2)15-9-5-6-14-10(7-9)12(17)18-3/h5-8H,4H2,1-3H3,(H,13,16)(H,14,15). The van der Waals surface area contributed by atoms with Crippen molar-refractivity contribution in [2.45, 2.75) is 19.9 Å². The molecule has 1 heterocycles. The summed E-state index contributed by atoms with van der Waals surface area (Å²) in [5, 5.41) is 5.69. The van der Waals surface area contributed by atoms with Crippen molar-refractivity contribution < 1.29 is 14.3 Å². The van der Waals surface area contributed by atoms with E-state index >= 15 is 0 Å². The van der Waals surface area contributed by atoms with E-state index in [1.807, 2.05) is 6.92 Å². The minimum Gasteiger partial charge on any atom is -0.464 e. The second-order valence-electron chi connectivity index (χ2n) is 3.68. The van der Waals surface area contributed by atoms with Crippen LogP contribution in [0.1, 0.15) is 24.3 Å². The molecule has 0 aliphatic rings. The fourth-order valence-electron chi connectivity index (χ4n) is 1.38. The summed E-state index contributed by atoms with van der Waals surface area (Å²) >= 11 is 0. The van der Waals surface area contributed by atoms with E-state index in [-0.39, 0.29) is 11.6 Å². The van der Waals surface area contributed by atoms with Crippen LogP contribution in [0.15, 0.2) is 18.3 Å². The van der Waals surface area contributed by atoms with Crippen LogP contribution in [0.2, 0.25) is 0 Å². The number of carbonyl (C=O) groups excluding carboxylic acids is 2. The normalized spacial score (nSPS) is 11.5. The number of nitrogens with one attached hydrogen (secondary N) is 2. The SMILES string of the molecule is CCNC(=O)C(C)Nc1ccnc(C(=O)OC)c1. The summed E-state index contributed by atoms with van der Waals surface area (Å²) in [6.07, 6.45) is 1.49. The molecule has 0 saturated carbocycles. The number of hydrogen-bond donors (Lipinski definition) is 2. The van der Waals surface area contributed by atoms with Crippen LogP contribution in [0.3, 0.4) is 0 Å². The maximum absolute atomic E-state index is 11.5. The Hall–Kier alpha value is -2.11. The fraction of sp³-hybridized carbons (Fsp3) is 0.417. The molecule has 0 aliphatic carbocycles. The molecule has 1 amide bonds. The molecule has 1 rings (SSSR count). The third-order valence-corrected chi connectivity index (χ3v) is 2.28. The average Bonchev–Trinajstić information content (AvgIpc) is 2.38. The number of esters is 1. The Labute approximate surface area is 106 Å². The summed E-state index contributed by atoms with van der Waals surface area (Å²) in [7, 11) is 1.29. The van der Waals surface area contributed by atoms with E-state index in [0.29, 0.717) is 12.2 Å². The van der Waals surface area contributed by atoms with Crippen LogP contribution >= 0.6 is 0 Å². The van der Waals surface area contributed by atoms with Gasteiger partial charge in [0.2, 0.25) is 5.91 Å². The number of likely N-dealkylation sites (N-methyl/N-ethyl adjacent to an activating group) is 1. The number of ether oxygens (including phenoxy) is 1. The van der Waals surface area contributed by atoms with Crippen LogP contribution in [0.5, 0.6) is 0 Å². The molecule has 0 aromatic carbocycles. The van der Waals surface area contributed by atoms with E-state index in [1.54, 1.807) is 19.1 Å². The van der Waals surface area contributed by atoms with Crippen molar-refractivity contribution in [2.75, 3.05) is 19.0 Å². The lowest BCUT2D eigenvalue weighted by Gasteiger charge is -2.14. The summed E-state index contributed by atoms with van der Waals surface area (Å²) in [6, 6.07) is 2.84. The van der Waals surface area contributed by atoms with Crippen molar-refractivity contribution in [3.05, 3.63) is 24.0 Å². The van der Waals surface area contributed by atoms with Gasteiger partial charge in [-0.05, 0) is 26.0 Å². The number of methoxy groups -OCH3 is 1. The molecule has 0 saturated heterocycles. The predicted molar refractivity (Wildman–Crippen MR) is 67.3 cm³/mol. The number of pyridine rings is 1. The van der Waals surface area contributed by atoms with Gasteiger partial charge in [-0.15, -0.1) is 0 Å². The van der Waals surface area contributed by atoms with Gasteiger partial charge in [-0.2, -0.15) is 0 Å². The first-order valence-corrected chi connectivity index (χ1v) is 5.67. The number of amides is 1. The minimum absolute atomic E-state index is 0.103. The third-order valence-electron chi connectivity index (χ3n) is 2.28. The first kappa shape index (κ1) is 14.0. The Morgan fingerprint density at radius 3 is 2.83 bits per heavy atom. The number of aromatic nitrogens is 1. The maximum Gasteiger partial charge on any atom is 0.356 e. The van der Waals surface area contributed by atoms with Crippen molar-refractivity contribution >= 4 is 17.6 Å². The first-order valence-electron chi connectivity index (χ1n) is 5.67. The van der Waals surface area contributed by atoms with E-state index in [4.69, 9.17) is 0 Å². The van der Waals surface area contributed by atoms with Gasteiger partial charge in [0.05, 0.1) is 7.11 Å². The first-order chi connectivity index (χ1) is 8.58. The highest BCUT2D eigenvalue weighted by Gasteiger charge is 2.13. The number of carbonyl (C=O) groups is 2. The second kappa shape index (κ2) is 6.58. The Balaban J connectivity index is 2.73. The van der Waals surface area contributed by atoms with E-state index in [2.05, 4.69) is 20.4 Å². The minimum atomic E-state index is -0.510. The largest absolute Gasteiger partial charge is 0.464 e. The fourth-order valence-corrected chi connectivity index (χ4v) is 1.38. The van der Waals surface area contributed by atoms with Gasteiger partial charge in [-0.25, -0.2) is 9.78 Å². The number of hydrogen-bond acceptors (Lipinski definition) is 5. The van der Waals surface area contributed by atoms with E-state index in [9.17, 15) is 9.59 Å². The van der Waals surface area contributed by atoms with Crippen molar-refractivity contribution in [3.8, 4) is 0 Å². The van der Waals surface area contributed by atoms with E-state index < -0.39 is 12.0 Å². The highest BCUT2D eigenvalue weighted by atomic mass is 16.5. The summed E-state index contributed by atoms with van der Waals surface area (Å²) in [4.78, 5) is 26.7. The van der Waals surface area contributed by atoms with Gasteiger partial charge in [0.1, 0.15) is 11.7 Å². The molecule has 6 nitrogen and oxygen atoms in total. The molecule has 1 aromatic rings. The zero-order valence-electron chi connectivity index (χ0n) is 10.7. The molecule has 0 bridgehead atoms. The summed E-state index contributed by atoms with van der Waals surface area (Å²) < 4.78 is 4.57. The zero-order chi connectivity index (χ0) is 13.5. The molecular formula is C12H17N3O3. The molecule has 6 heteroatoms. The second-order valence-corrected chi connectivity index (χ2v) is 3.68. The van der Waals surface area contributed by atoms with Crippen LogP contribution in [-0.4, -0.2) is 36.6 Å². The quantitative estimate of drug-likeness (QED) is 0.757. The number of anilines is 1. The average molecular weight is 251 g/mol. The molecule has 1 aromatic heterocycles. The Morgan fingerprint density at radius 2 is 2.22 bits per heavy atom. The topological polar surface area (TPSA) is 80.3 Å². The smallest absolute Gasteiger partial charge is 0.356 e. The Morgan fingerprint density at radius 1 is 1.50 bits per heavy atom. The monoisotopic (exact) mass is 251 g/mol. The van der Waals surface area contributed by atoms with Crippen LogP contribution in [-0.2, 0) is 9.53 Å². The molecule has 18 heavy (non-hydrogen) atoms. The van der Waals surface area contributed by atoms with E-state index in [1.165, 1.54) is 13.3 Å². The highest BCUT2D eigenvalue weighted by molar-refractivity contribution is 5.89. The summed E-state index contributed by atoms with van der Waals surface area (Å²) in [5.41, 5.74) is 0.842. The van der Waals surface area contributed by atoms with Gasteiger partial charge in [-0.1, -0.05) is 0 Å². The number of rotatable bonds is 5. The molecule has 1 unspecified atom stereocenters. The highest BCUT2D eigenvalue weighted by Crippen LogP contribution is 2.10. The summed E-state index contributed by atoms with van der Waals surface area (Å²) in [6.45, 7) is 4.17. The van der Waals surface area contributed by atoms with Crippen LogP contribution in [0, 0.1) is 0 Å². The van der Waals surface area contributed by atoms with Crippen LogP contribution in [0.4, 0.5) is 5.69 Å². The van der Waals surface area contributed by atoms with E-state index in [0.717, 1.165) is 0 Å². The van der Waals surface area contributed by atoms with Gasteiger partial charge in [-0.3, -0.25) is 4.79 Å². The Kier molecular flexibility index (Phi) is 5.10. The zero-order valence-corrected chi connectivity index (χ0v) is 10.7. The molecular weight excluding hydrogens is 234 g/mol. The molecule has 1 atom stereocenters. The van der Waals surface area contributed by atoms with Crippen molar-refractivity contribution in [1.82, 2.24) is 10.3 Å². The lowest BCUT2D eigenvalue weighted by atomic mass is 10.2.